The Morgan fingerprint density at radius 3 is 0.919 bits per heavy atom. The minimum atomic E-state index is -1.51. The van der Waals surface area contributed by atoms with Crippen molar-refractivity contribution in [2.45, 2.75) is 405 Å². The van der Waals surface area contributed by atoms with E-state index >= 15 is 0 Å². The Kier molecular flexibility index (Phi) is 66.9. The fourth-order valence-corrected chi connectivity index (χ4v) is 11.6. The lowest BCUT2D eigenvalue weighted by Gasteiger charge is -2.25. The first-order valence-electron chi connectivity index (χ1n) is 38.0. The van der Waals surface area contributed by atoms with Crippen LogP contribution in [0.15, 0.2) is 24.3 Å². The van der Waals surface area contributed by atoms with Gasteiger partial charge in [0.1, 0.15) is 13.2 Å². The van der Waals surface area contributed by atoms with Crippen LogP contribution in [-0.2, 0) is 33.3 Å². The molecule has 9 heteroatoms. The monoisotopic (exact) mass is 1220 g/mol. The van der Waals surface area contributed by atoms with Crippen LogP contribution >= 0.6 is 0 Å². The van der Waals surface area contributed by atoms with E-state index in [4.69, 9.17) is 18.9 Å². The smallest absolute Gasteiger partial charge is 0.361 e. The van der Waals surface area contributed by atoms with Crippen LogP contribution in [0.3, 0.4) is 0 Å². The van der Waals surface area contributed by atoms with Crippen LogP contribution in [0, 0.1) is 0 Å². The van der Waals surface area contributed by atoms with Crippen LogP contribution in [0.25, 0.3) is 0 Å². The summed E-state index contributed by atoms with van der Waals surface area (Å²) in [6.45, 7) is 4.95. The number of likely N-dealkylation sites (N-methyl/N-ethyl adjacent to an activating group) is 1. The molecule has 2 unspecified atom stereocenters. The summed E-state index contributed by atoms with van der Waals surface area (Å²) in [7, 11) is 6.00. The number of allylic oxidation sites excluding steroid dienone is 4. The van der Waals surface area contributed by atoms with Crippen molar-refractivity contribution in [3.63, 3.8) is 0 Å². The average Bonchev–Trinajstić information content (AvgIpc) is 3.64. The zero-order chi connectivity index (χ0) is 62.6. The quantitative estimate of drug-likeness (QED) is 0.0211. The molecule has 0 aliphatic heterocycles. The van der Waals surface area contributed by atoms with Crippen molar-refractivity contribution in [2.75, 3.05) is 47.5 Å². The van der Waals surface area contributed by atoms with Crippen molar-refractivity contribution < 1.29 is 42.9 Å². The predicted octanol–water partition coefficient (Wildman–Crippen LogP) is 23.8. The number of carboxylic acids is 1. The molecule has 9 nitrogen and oxygen atoms in total. The number of nitrogens with zero attached hydrogens (tertiary/aromatic N) is 1. The number of hydrogen-bond donors (Lipinski definition) is 1. The zero-order valence-electron chi connectivity index (χ0n) is 58.3. The lowest BCUT2D eigenvalue weighted by Crippen LogP contribution is -2.40. The second-order valence-corrected chi connectivity index (χ2v) is 27.3. The molecule has 0 amide bonds. The van der Waals surface area contributed by atoms with Crippen LogP contribution < -0.4 is 0 Å². The van der Waals surface area contributed by atoms with Gasteiger partial charge in [0.05, 0.1) is 34.4 Å². The summed E-state index contributed by atoms with van der Waals surface area (Å²) in [6.07, 6.45) is 83.2. The van der Waals surface area contributed by atoms with Gasteiger partial charge < -0.3 is 28.5 Å². The molecule has 0 fully saturated rings. The normalized spacial score (nSPS) is 12.7. The van der Waals surface area contributed by atoms with E-state index in [0.29, 0.717) is 17.4 Å². The van der Waals surface area contributed by atoms with Crippen molar-refractivity contribution in [1.82, 2.24) is 0 Å². The number of hydrogen-bond acceptors (Lipinski definition) is 7. The Labute approximate surface area is 535 Å². The van der Waals surface area contributed by atoms with Gasteiger partial charge in [-0.05, 0) is 44.9 Å². The van der Waals surface area contributed by atoms with E-state index < -0.39 is 18.4 Å². The summed E-state index contributed by atoms with van der Waals surface area (Å²) < 4.78 is 23.0. The molecule has 0 radical (unpaired) electrons. The predicted molar refractivity (Wildman–Crippen MR) is 369 cm³/mol. The second-order valence-electron chi connectivity index (χ2n) is 27.3. The third-order valence-electron chi connectivity index (χ3n) is 17.5. The summed E-state index contributed by atoms with van der Waals surface area (Å²) in [6, 6.07) is 0. The molecule has 1 N–H and O–H groups in total. The molecule has 0 saturated heterocycles. The number of esters is 2. The Bertz CT molecular complexity index is 1460. The highest BCUT2D eigenvalue weighted by atomic mass is 16.7. The first-order chi connectivity index (χ1) is 42.1. The maximum atomic E-state index is 13.0. The summed E-state index contributed by atoms with van der Waals surface area (Å²) in [5, 5.41) is 9.76. The lowest BCUT2D eigenvalue weighted by atomic mass is 10.0. The molecule has 2 atom stereocenters. The fourth-order valence-electron chi connectivity index (χ4n) is 11.6. The van der Waals surface area contributed by atoms with Gasteiger partial charge in [0, 0.05) is 12.8 Å². The number of unbranched alkanes of at least 4 members (excludes halogenated alkanes) is 53. The van der Waals surface area contributed by atoms with Gasteiger partial charge in [-0.1, -0.05) is 359 Å². The molecule has 0 heterocycles. The van der Waals surface area contributed by atoms with Crippen molar-refractivity contribution >= 4 is 17.9 Å². The highest BCUT2D eigenvalue weighted by molar-refractivity contribution is 5.71. The molecular weight excluding hydrogens is 1070 g/mol. The van der Waals surface area contributed by atoms with E-state index in [-0.39, 0.29) is 38.2 Å². The lowest BCUT2D eigenvalue weighted by molar-refractivity contribution is -0.870. The van der Waals surface area contributed by atoms with Gasteiger partial charge in [-0.25, -0.2) is 4.79 Å². The molecular formula is C77H148NO8+. The maximum absolute atomic E-state index is 13.0. The number of aliphatic carboxylic acids is 1. The molecule has 0 saturated carbocycles. The van der Waals surface area contributed by atoms with Crippen molar-refractivity contribution in [3.05, 3.63) is 24.3 Å². The summed E-state index contributed by atoms with van der Waals surface area (Å²) >= 11 is 0. The highest BCUT2D eigenvalue weighted by Crippen LogP contribution is 2.20. The van der Waals surface area contributed by atoms with Gasteiger partial charge in [-0.15, -0.1) is 0 Å². The van der Waals surface area contributed by atoms with Crippen LogP contribution in [0.5, 0.6) is 0 Å². The number of carbonyl (C=O) groups excluding carboxylic acids is 2. The minimum absolute atomic E-state index is 0.175. The topological polar surface area (TPSA) is 108 Å². The Morgan fingerprint density at radius 1 is 0.349 bits per heavy atom. The molecule has 0 bridgehead atoms. The van der Waals surface area contributed by atoms with Crippen LogP contribution in [0.4, 0.5) is 0 Å². The molecule has 0 aromatic heterocycles. The van der Waals surface area contributed by atoms with Gasteiger partial charge >= 0.3 is 17.9 Å². The SMILES string of the molecule is CCCCCCC/C=C\C/C=C\CCCCCCCCCCCCCCCCCCCC(=O)OC(COC(=O)CCCCCCCCCCCCCCCCCCCCCCCCCCCCCCCCCC)COC(OCC[N+](C)(C)C)C(=O)O. The number of ether oxygens (including phenoxy) is 4. The molecule has 0 aliphatic rings. The van der Waals surface area contributed by atoms with Crippen LogP contribution in [0.2, 0.25) is 0 Å². The fraction of sp³-hybridized carbons (Fsp3) is 0.909. The first kappa shape index (κ1) is 83.8. The summed E-state index contributed by atoms with van der Waals surface area (Å²) in [5.74, 6) is -1.97. The number of carbonyl (C=O) groups is 3. The van der Waals surface area contributed by atoms with Crippen molar-refractivity contribution in [2.24, 2.45) is 0 Å². The Morgan fingerprint density at radius 2 is 0.628 bits per heavy atom. The summed E-state index contributed by atoms with van der Waals surface area (Å²) in [4.78, 5) is 37.7. The van der Waals surface area contributed by atoms with Gasteiger partial charge in [-0.2, -0.15) is 0 Å². The molecule has 0 spiro atoms. The van der Waals surface area contributed by atoms with Crippen molar-refractivity contribution in [3.8, 4) is 0 Å². The van der Waals surface area contributed by atoms with Crippen molar-refractivity contribution in [1.29, 1.82) is 0 Å². The Hall–Kier alpha value is -2.23. The third kappa shape index (κ3) is 69.2. The second kappa shape index (κ2) is 68.7. The Balaban J connectivity index is 4.00. The van der Waals surface area contributed by atoms with E-state index in [0.717, 1.165) is 44.9 Å². The van der Waals surface area contributed by atoms with E-state index in [1.54, 1.807) is 0 Å². The van der Waals surface area contributed by atoms with Gasteiger partial charge in [0.2, 0.25) is 0 Å². The van der Waals surface area contributed by atoms with Crippen LogP contribution in [0.1, 0.15) is 393 Å². The maximum Gasteiger partial charge on any atom is 0.361 e. The average molecular weight is 1220 g/mol. The molecule has 508 valence electrons. The summed E-state index contributed by atoms with van der Waals surface area (Å²) in [5.41, 5.74) is 0. The highest BCUT2D eigenvalue weighted by Gasteiger charge is 2.25. The van der Waals surface area contributed by atoms with Gasteiger partial charge in [0.25, 0.3) is 6.29 Å². The van der Waals surface area contributed by atoms with E-state index in [9.17, 15) is 19.5 Å². The third-order valence-corrected chi connectivity index (χ3v) is 17.5. The molecule has 86 heavy (non-hydrogen) atoms. The van der Waals surface area contributed by atoms with E-state index in [2.05, 4.69) is 38.2 Å². The molecule has 0 aromatic carbocycles. The van der Waals surface area contributed by atoms with E-state index in [1.165, 1.54) is 321 Å². The first-order valence-corrected chi connectivity index (χ1v) is 38.0. The van der Waals surface area contributed by atoms with Gasteiger partial charge in [-0.3, -0.25) is 9.59 Å². The molecule has 0 aromatic rings. The van der Waals surface area contributed by atoms with E-state index in [1.807, 2.05) is 21.1 Å². The molecule has 0 rings (SSSR count). The number of quaternary nitrogens is 1. The largest absolute Gasteiger partial charge is 0.477 e. The standard InChI is InChI=1S/C77H147NO8/c1-6-8-10-12-14-16-18-20-22-24-26-28-30-32-34-36-37-38-40-41-43-45-47-49-51-53-55-57-59-61-63-65-67-74(79)84-71-73(72-85-77(76(81)82)83-70-69-78(3,4)5)86-75(80)68-66-64-62-60-58-56-54-52-50-48-46-44-42-39-35-33-31-29-27-25-23-21-19-17-15-13-11-9-7-2/h19,21,25,27,73,77H,6-18,20,22-24,26,28-72H2,1-5H3/p+1/b21-19-,27-25-. The minimum Gasteiger partial charge on any atom is -0.477 e. The zero-order valence-corrected chi connectivity index (χ0v) is 58.3. The number of rotatable bonds is 72. The number of carboxylic acid groups (broad SMARTS) is 1. The van der Waals surface area contributed by atoms with Crippen LogP contribution in [-0.4, -0.2) is 87.4 Å². The van der Waals surface area contributed by atoms with Gasteiger partial charge in [0.15, 0.2) is 6.10 Å². The molecule has 0 aliphatic carbocycles.